The zero-order valence-electron chi connectivity index (χ0n) is 12.2. The Hall–Kier alpha value is -1.79. The standard InChI is InChI=1S/C15H20N4O2.ClH/c20-14(17-9-10-7-16-8-10)11-2-1-3-13(6-11)19-15(21)18-12-4-5-12;/h1-3,6,10,12,16H,4-5,7-9H2,(H,17,20)(H2,18,19,21);1H. The molecule has 2 aliphatic rings. The first kappa shape index (κ1) is 16.6. The van der Waals surface area contributed by atoms with Crippen molar-refractivity contribution in [3.05, 3.63) is 29.8 Å². The van der Waals surface area contributed by atoms with Crippen molar-refractivity contribution in [3.63, 3.8) is 0 Å². The van der Waals surface area contributed by atoms with Gasteiger partial charge in [-0.1, -0.05) is 6.07 Å². The number of hydrogen-bond donors (Lipinski definition) is 4. The summed E-state index contributed by atoms with van der Waals surface area (Å²) in [6.07, 6.45) is 2.10. The van der Waals surface area contributed by atoms with E-state index in [4.69, 9.17) is 0 Å². The minimum absolute atomic E-state index is 0. The van der Waals surface area contributed by atoms with Crippen LogP contribution in [0.1, 0.15) is 23.2 Å². The Morgan fingerprint density at radius 3 is 2.64 bits per heavy atom. The predicted octanol–water partition coefficient (Wildman–Crippen LogP) is 1.34. The predicted molar refractivity (Wildman–Crippen MR) is 87.6 cm³/mol. The van der Waals surface area contributed by atoms with Crippen LogP contribution in [0.15, 0.2) is 24.3 Å². The summed E-state index contributed by atoms with van der Waals surface area (Å²) < 4.78 is 0. The van der Waals surface area contributed by atoms with E-state index in [2.05, 4.69) is 21.3 Å². The average molecular weight is 325 g/mol. The van der Waals surface area contributed by atoms with Crippen molar-refractivity contribution in [1.82, 2.24) is 16.0 Å². The van der Waals surface area contributed by atoms with Crippen LogP contribution in [0.3, 0.4) is 0 Å². The Bertz CT molecular complexity index is 544. The van der Waals surface area contributed by atoms with E-state index in [0.717, 1.165) is 25.9 Å². The van der Waals surface area contributed by atoms with Gasteiger partial charge in [0.2, 0.25) is 0 Å². The number of benzene rings is 1. The number of rotatable bonds is 5. The normalized spacial score (nSPS) is 16.9. The van der Waals surface area contributed by atoms with Crippen LogP contribution in [0.2, 0.25) is 0 Å². The van der Waals surface area contributed by atoms with E-state index in [9.17, 15) is 9.59 Å². The third-order valence-electron chi connectivity index (χ3n) is 3.71. The van der Waals surface area contributed by atoms with Gasteiger partial charge in [0.1, 0.15) is 0 Å². The first-order valence-electron chi connectivity index (χ1n) is 7.37. The first-order chi connectivity index (χ1) is 10.2. The second kappa shape index (κ2) is 7.47. The maximum atomic E-state index is 12.1. The minimum atomic E-state index is -0.212. The van der Waals surface area contributed by atoms with Gasteiger partial charge in [0.15, 0.2) is 0 Å². The Labute approximate surface area is 135 Å². The lowest BCUT2D eigenvalue weighted by Gasteiger charge is -2.27. The van der Waals surface area contributed by atoms with Gasteiger partial charge in [0, 0.05) is 42.8 Å². The van der Waals surface area contributed by atoms with E-state index < -0.39 is 0 Å². The fourth-order valence-corrected chi connectivity index (χ4v) is 2.15. The maximum Gasteiger partial charge on any atom is 0.319 e. The van der Waals surface area contributed by atoms with Crippen molar-refractivity contribution in [2.75, 3.05) is 25.0 Å². The fourth-order valence-electron chi connectivity index (χ4n) is 2.15. The van der Waals surface area contributed by atoms with E-state index in [1.165, 1.54) is 0 Å². The fraction of sp³-hybridized carbons (Fsp3) is 0.467. The molecule has 3 rings (SSSR count). The Morgan fingerprint density at radius 2 is 2.00 bits per heavy atom. The molecule has 0 aromatic heterocycles. The van der Waals surface area contributed by atoms with E-state index in [1.54, 1.807) is 24.3 Å². The highest BCUT2D eigenvalue weighted by Crippen LogP contribution is 2.19. The molecule has 120 valence electrons. The second-order valence-electron chi connectivity index (χ2n) is 5.69. The average Bonchev–Trinajstić information content (AvgIpc) is 3.20. The zero-order chi connectivity index (χ0) is 14.7. The van der Waals surface area contributed by atoms with Gasteiger partial charge in [-0.15, -0.1) is 12.4 Å². The number of halogens is 1. The molecule has 6 nitrogen and oxygen atoms in total. The summed E-state index contributed by atoms with van der Waals surface area (Å²) in [4.78, 5) is 23.7. The maximum absolute atomic E-state index is 12.1. The molecule has 1 heterocycles. The SMILES string of the molecule is Cl.O=C(Nc1cccc(C(=O)NCC2CNC2)c1)NC1CC1. The molecule has 22 heavy (non-hydrogen) atoms. The molecular weight excluding hydrogens is 304 g/mol. The molecule has 1 saturated heterocycles. The molecule has 1 aromatic rings. The highest BCUT2D eigenvalue weighted by Gasteiger charge is 2.23. The van der Waals surface area contributed by atoms with E-state index in [-0.39, 0.29) is 24.3 Å². The highest BCUT2D eigenvalue weighted by atomic mass is 35.5. The lowest BCUT2D eigenvalue weighted by atomic mass is 10.0. The van der Waals surface area contributed by atoms with E-state index >= 15 is 0 Å². The second-order valence-corrected chi connectivity index (χ2v) is 5.69. The Kier molecular flexibility index (Phi) is 5.63. The summed E-state index contributed by atoms with van der Waals surface area (Å²) in [7, 11) is 0. The molecule has 0 unspecified atom stereocenters. The highest BCUT2D eigenvalue weighted by molar-refractivity contribution is 5.96. The van der Waals surface area contributed by atoms with Crippen LogP contribution in [-0.4, -0.2) is 37.6 Å². The van der Waals surface area contributed by atoms with Crippen molar-refractivity contribution in [1.29, 1.82) is 0 Å². The zero-order valence-corrected chi connectivity index (χ0v) is 13.0. The van der Waals surface area contributed by atoms with Crippen LogP contribution < -0.4 is 21.3 Å². The van der Waals surface area contributed by atoms with Crippen LogP contribution in [0, 0.1) is 5.92 Å². The molecule has 1 saturated carbocycles. The van der Waals surface area contributed by atoms with Gasteiger partial charge in [-0.3, -0.25) is 4.79 Å². The van der Waals surface area contributed by atoms with Crippen molar-refractivity contribution in [2.45, 2.75) is 18.9 Å². The van der Waals surface area contributed by atoms with Crippen LogP contribution in [0.25, 0.3) is 0 Å². The largest absolute Gasteiger partial charge is 0.352 e. The number of urea groups is 1. The van der Waals surface area contributed by atoms with Gasteiger partial charge in [0.25, 0.3) is 5.91 Å². The molecule has 0 spiro atoms. The van der Waals surface area contributed by atoms with Gasteiger partial charge in [0.05, 0.1) is 0 Å². The van der Waals surface area contributed by atoms with Gasteiger partial charge in [-0.25, -0.2) is 4.79 Å². The molecular formula is C15H21ClN4O2. The topological polar surface area (TPSA) is 82.3 Å². The van der Waals surface area contributed by atoms with Gasteiger partial charge in [-0.2, -0.15) is 0 Å². The smallest absolute Gasteiger partial charge is 0.319 e. The van der Waals surface area contributed by atoms with Crippen LogP contribution in [0.4, 0.5) is 10.5 Å². The number of nitrogens with one attached hydrogen (secondary N) is 4. The van der Waals surface area contributed by atoms with Crippen LogP contribution in [-0.2, 0) is 0 Å². The lowest BCUT2D eigenvalue weighted by molar-refractivity contribution is 0.0942. The molecule has 4 N–H and O–H groups in total. The van der Waals surface area contributed by atoms with Crippen LogP contribution >= 0.6 is 12.4 Å². The third-order valence-corrected chi connectivity index (χ3v) is 3.71. The summed E-state index contributed by atoms with van der Waals surface area (Å²) in [5, 5.41) is 11.7. The van der Waals surface area contributed by atoms with Gasteiger partial charge in [-0.05, 0) is 31.0 Å². The van der Waals surface area contributed by atoms with Crippen molar-refractivity contribution < 1.29 is 9.59 Å². The molecule has 0 atom stereocenters. The molecule has 7 heteroatoms. The summed E-state index contributed by atoms with van der Waals surface area (Å²) in [5.74, 6) is 0.424. The van der Waals surface area contributed by atoms with Crippen LogP contribution in [0.5, 0.6) is 0 Å². The van der Waals surface area contributed by atoms with Crippen molar-refractivity contribution in [3.8, 4) is 0 Å². The summed E-state index contributed by atoms with van der Waals surface area (Å²) >= 11 is 0. The Morgan fingerprint density at radius 1 is 1.23 bits per heavy atom. The van der Waals surface area contributed by atoms with Crippen molar-refractivity contribution in [2.24, 2.45) is 5.92 Å². The molecule has 0 radical (unpaired) electrons. The van der Waals surface area contributed by atoms with E-state index in [0.29, 0.717) is 29.8 Å². The molecule has 3 amide bonds. The number of carbonyl (C=O) groups is 2. The number of carbonyl (C=O) groups excluding carboxylic acids is 2. The quantitative estimate of drug-likeness (QED) is 0.659. The van der Waals surface area contributed by atoms with Crippen molar-refractivity contribution >= 4 is 30.0 Å². The number of hydrogen-bond acceptors (Lipinski definition) is 3. The molecule has 1 aliphatic carbocycles. The first-order valence-corrected chi connectivity index (χ1v) is 7.37. The summed E-state index contributed by atoms with van der Waals surface area (Å²) in [6, 6.07) is 7.09. The molecule has 1 aliphatic heterocycles. The van der Waals surface area contributed by atoms with E-state index in [1.807, 2.05) is 0 Å². The Balaban J connectivity index is 0.00000176. The third kappa shape index (κ3) is 4.61. The number of amides is 3. The molecule has 2 fully saturated rings. The molecule has 0 bridgehead atoms. The summed E-state index contributed by atoms with van der Waals surface area (Å²) in [5.41, 5.74) is 1.19. The van der Waals surface area contributed by atoms with Gasteiger partial charge < -0.3 is 21.3 Å². The number of anilines is 1. The summed E-state index contributed by atoms with van der Waals surface area (Å²) in [6.45, 7) is 2.61. The molecule has 1 aromatic carbocycles. The lowest BCUT2D eigenvalue weighted by Crippen LogP contribution is -2.48. The monoisotopic (exact) mass is 324 g/mol. The van der Waals surface area contributed by atoms with Gasteiger partial charge >= 0.3 is 6.03 Å². The minimum Gasteiger partial charge on any atom is -0.352 e.